The molecular weight excluding hydrogens is 160 g/mol. The van der Waals surface area contributed by atoms with Crippen LogP contribution in [-0.2, 0) is 0 Å². The van der Waals surface area contributed by atoms with Crippen LogP contribution in [0.3, 0.4) is 0 Å². The quantitative estimate of drug-likeness (QED) is 0.598. The summed E-state index contributed by atoms with van der Waals surface area (Å²) in [6, 6.07) is 0.473. The van der Waals surface area contributed by atoms with E-state index in [1.54, 1.807) is 0 Å². The van der Waals surface area contributed by atoms with Crippen LogP contribution in [0.4, 0.5) is 0 Å². The van der Waals surface area contributed by atoms with Crippen LogP contribution in [0, 0.1) is 5.92 Å². The van der Waals surface area contributed by atoms with Gasteiger partial charge >= 0.3 is 0 Å². The number of rotatable bonds is 1. The summed E-state index contributed by atoms with van der Waals surface area (Å²) in [6.45, 7) is 7.64. The monoisotopic (exact) mass is 176 g/mol. The fraction of sp³-hybridized carbons (Fsp3) is 0.545. The topological polar surface area (TPSA) is 15.6 Å². The van der Waals surface area contributed by atoms with E-state index < -0.39 is 0 Å². The molecule has 70 valence electrons. The molecular formula is C11H16N2. The Morgan fingerprint density at radius 1 is 1.54 bits per heavy atom. The van der Waals surface area contributed by atoms with Crippen molar-refractivity contribution in [3.05, 3.63) is 23.9 Å². The Kier molecular flexibility index (Phi) is 1.98. The number of allylic oxidation sites excluding steroid dienone is 2. The van der Waals surface area contributed by atoms with E-state index in [0.717, 1.165) is 6.54 Å². The molecule has 0 aliphatic carbocycles. The van der Waals surface area contributed by atoms with Gasteiger partial charge < -0.3 is 4.90 Å². The molecule has 1 unspecified atom stereocenters. The first-order valence-corrected chi connectivity index (χ1v) is 4.88. The van der Waals surface area contributed by atoms with Gasteiger partial charge in [0, 0.05) is 12.7 Å². The summed E-state index contributed by atoms with van der Waals surface area (Å²) in [4.78, 5) is 6.96. The number of fused-ring (bicyclic) bond motifs is 1. The molecule has 0 bridgehead atoms. The maximum Gasteiger partial charge on any atom is 0.130 e. The molecule has 0 radical (unpaired) electrons. The normalized spacial score (nSPS) is 26.2. The van der Waals surface area contributed by atoms with Gasteiger partial charge in [-0.25, -0.2) is 0 Å². The van der Waals surface area contributed by atoms with Crippen molar-refractivity contribution < 1.29 is 0 Å². The Balaban J connectivity index is 2.24. The van der Waals surface area contributed by atoms with Gasteiger partial charge in [0.15, 0.2) is 0 Å². The van der Waals surface area contributed by atoms with Gasteiger partial charge in [-0.1, -0.05) is 19.9 Å². The average molecular weight is 176 g/mol. The summed E-state index contributed by atoms with van der Waals surface area (Å²) < 4.78 is 0. The van der Waals surface area contributed by atoms with Crippen molar-refractivity contribution in [2.75, 3.05) is 6.54 Å². The molecule has 2 nitrogen and oxygen atoms in total. The molecule has 2 aliphatic heterocycles. The fourth-order valence-corrected chi connectivity index (χ4v) is 1.75. The Hall–Kier alpha value is -1.05. The lowest BCUT2D eigenvalue weighted by Crippen LogP contribution is -2.27. The van der Waals surface area contributed by atoms with E-state index in [-0.39, 0.29) is 0 Å². The minimum absolute atomic E-state index is 0.473. The third-order valence-corrected chi connectivity index (χ3v) is 2.68. The lowest BCUT2D eigenvalue weighted by atomic mass is 10.1. The summed E-state index contributed by atoms with van der Waals surface area (Å²) in [5.74, 6) is 1.81. The summed E-state index contributed by atoms with van der Waals surface area (Å²) in [7, 11) is 0. The van der Waals surface area contributed by atoms with Crippen molar-refractivity contribution >= 4 is 5.84 Å². The van der Waals surface area contributed by atoms with Crippen LogP contribution in [-0.4, -0.2) is 23.3 Å². The molecule has 0 aromatic rings. The smallest absolute Gasteiger partial charge is 0.130 e. The van der Waals surface area contributed by atoms with Crippen molar-refractivity contribution in [3.63, 3.8) is 0 Å². The number of hydrogen-bond donors (Lipinski definition) is 0. The van der Waals surface area contributed by atoms with Gasteiger partial charge in [-0.2, -0.15) is 0 Å². The van der Waals surface area contributed by atoms with Crippen LogP contribution in [0.5, 0.6) is 0 Å². The molecule has 2 aliphatic rings. The molecule has 0 aromatic carbocycles. The first kappa shape index (κ1) is 8.54. The van der Waals surface area contributed by atoms with Crippen molar-refractivity contribution in [2.24, 2.45) is 10.9 Å². The van der Waals surface area contributed by atoms with E-state index in [4.69, 9.17) is 4.99 Å². The SMILES string of the molecule is CC1=CC=CN2CC(C(C)C)N=C12. The first-order valence-electron chi connectivity index (χ1n) is 4.88. The van der Waals surface area contributed by atoms with Gasteiger partial charge in [0.05, 0.1) is 6.04 Å². The van der Waals surface area contributed by atoms with Crippen LogP contribution in [0.2, 0.25) is 0 Å². The molecule has 13 heavy (non-hydrogen) atoms. The predicted octanol–water partition coefficient (Wildman–Crippen LogP) is 2.20. The summed E-state index contributed by atoms with van der Waals surface area (Å²) in [5.41, 5.74) is 1.28. The second-order valence-corrected chi connectivity index (χ2v) is 4.11. The first-order chi connectivity index (χ1) is 6.18. The van der Waals surface area contributed by atoms with E-state index >= 15 is 0 Å². The van der Waals surface area contributed by atoms with Crippen LogP contribution in [0.25, 0.3) is 0 Å². The van der Waals surface area contributed by atoms with Gasteiger partial charge in [-0.15, -0.1) is 0 Å². The second-order valence-electron chi connectivity index (χ2n) is 4.11. The van der Waals surface area contributed by atoms with Crippen LogP contribution in [0.1, 0.15) is 20.8 Å². The molecule has 2 heteroatoms. The van der Waals surface area contributed by atoms with E-state index in [1.807, 2.05) is 0 Å². The zero-order chi connectivity index (χ0) is 9.42. The minimum atomic E-state index is 0.473. The van der Waals surface area contributed by atoms with Crippen LogP contribution < -0.4 is 0 Å². The number of amidine groups is 1. The largest absolute Gasteiger partial charge is 0.331 e. The molecule has 0 saturated heterocycles. The van der Waals surface area contributed by atoms with Crippen molar-refractivity contribution in [2.45, 2.75) is 26.8 Å². The van der Waals surface area contributed by atoms with E-state index in [1.165, 1.54) is 11.4 Å². The molecule has 1 atom stereocenters. The standard InChI is InChI=1S/C11H16N2/c1-8(2)10-7-13-6-4-5-9(3)11(13)12-10/h4-6,8,10H,7H2,1-3H3. The minimum Gasteiger partial charge on any atom is -0.331 e. The molecule has 2 rings (SSSR count). The number of hydrogen-bond acceptors (Lipinski definition) is 2. The molecule has 0 aromatic heterocycles. The van der Waals surface area contributed by atoms with Gasteiger partial charge in [0.1, 0.15) is 5.84 Å². The van der Waals surface area contributed by atoms with Crippen molar-refractivity contribution in [3.8, 4) is 0 Å². The summed E-state index contributed by atoms with van der Waals surface area (Å²) in [5, 5.41) is 0. The third kappa shape index (κ3) is 1.41. The average Bonchev–Trinajstić information content (AvgIpc) is 2.49. The van der Waals surface area contributed by atoms with E-state index in [2.05, 4.69) is 44.0 Å². The second kappa shape index (κ2) is 3.02. The molecule has 0 spiro atoms. The number of nitrogens with zero attached hydrogens (tertiary/aromatic N) is 2. The molecule has 0 saturated carbocycles. The summed E-state index contributed by atoms with van der Waals surface area (Å²) in [6.07, 6.45) is 6.34. The highest BCUT2D eigenvalue weighted by Gasteiger charge is 2.27. The highest BCUT2D eigenvalue weighted by molar-refractivity contribution is 6.00. The Labute approximate surface area is 79.7 Å². The van der Waals surface area contributed by atoms with E-state index in [9.17, 15) is 0 Å². The molecule has 0 fully saturated rings. The summed E-state index contributed by atoms with van der Waals surface area (Å²) >= 11 is 0. The van der Waals surface area contributed by atoms with Crippen LogP contribution >= 0.6 is 0 Å². The fourth-order valence-electron chi connectivity index (χ4n) is 1.75. The highest BCUT2D eigenvalue weighted by atomic mass is 15.2. The molecule has 0 amide bonds. The van der Waals surface area contributed by atoms with Gasteiger partial charge in [0.2, 0.25) is 0 Å². The molecule has 2 heterocycles. The third-order valence-electron chi connectivity index (χ3n) is 2.68. The zero-order valence-corrected chi connectivity index (χ0v) is 8.49. The Morgan fingerprint density at radius 2 is 2.31 bits per heavy atom. The maximum atomic E-state index is 4.71. The van der Waals surface area contributed by atoms with Gasteiger partial charge in [0.25, 0.3) is 0 Å². The Morgan fingerprint density at radius 3 is 2.92 bits per heavy atom. The van der Waals surface area contributed by atoms with Gasteiger partial charge in [-0.3, -0.25) is 4.99 Å². The maximum absolute atomic E-state index is 4.71. The van der Waals surface area contributed by atoms with E-state index in [0.29, 0.717) is 12.0 Å². The van der Waals surface area contributed by atoms with Crippen molar-refractivity contribution in [1.29, 1.82) is 0 Å². The lowest BCUT2D eigenvalue weighted by molar-refractivity contribution is 0.447. The lowest BCUT2D eigenvalue weighted by Gasteiger charge is -2.19. The van der Waals surface area contributed by atoms with Crippen molar-refractivity contribution in [1.82, 2.24) is 4.90 Å². The molecule has 0 N–H and O–H groups in total. The predicted molar refractivity (Wildman–Crippen MR) is 55.7 cm³/mol. The highest BCUT2D eigenvalue weighted by Crippen LogP contribution is 2.22. The zero-order valence-electron chi connectivity index (χ0n) is 8.49. The Bertz CT molecular complexity index is 297. The van der Waals surface area contributed by atoms with Gasteiger partial charge in [-0.05, 0) is 24.5 Å². The number of aliphatic imine (C=N–C) groups is 1. The van der Waals surface area contributed by atoms with Crippen LogP contribution in [0.15, 0.2) is 28.9 Å².